The SMILES string of the molecule is C=C1C2CC(O)C3C(C2)(C(=O)OCC32C(OC(C)=O)CCC(C)(C)C2CO)C1O. The molecule has 3 N–H and O–H groups in total. The van der Waals surface area contributed by atoms with Crippen LogP contribution >= 0.6 is 0 Å². The Morgan fingerprint density at radius 1 is 1.34 bits per heavy atom. The lowest BCUT2D eigenvalue weighted by Crippen LogP contribution is -2.71. The molecule has 162 valence electrons. The maximum Gasteiger partial charge on any atom is 0.315 e. The van der Waals surface area contributed by atoms with E-state index in [4.69, 9.17) is 9.47 Å². The Morgan fingerprint density at radius 2 is 2.03 bits per heavy atom. The van der Waals surface area contributed by atoms with Gasteiger partial charge in [0.25, 0.3) is 0 Å². The zero-order valence-electron chi connectivity index (χ0n) is 17.4. The minimum atomic E-state index is -1.32. The summed E-state index contributed by atoms with van der Waals surface area (Å²) in [6.07, 6.45) is -0.616. The van der Waals surface area contributed by atoms with Crippen molar-refractivity contribution in [3.63, 3.8) is 0 Å². The molecule has 4 fully saturated rings. The summed E-state index contributed by atoms with van der Waals surface area (Å²) in [5, 5.41) is 32.9. The molecular weight excluding hydrogens is 376 g/mol. The van der Waals surface area contributed by atoms with Gasteiger partial charge in [-0.3, -0.25) is 9.59 Å². The van der Waals surface area contributed by atoms with E-state index in [0.29, 0.717) is 24.8 Å². The number of hydrogen-bond acceptors (Lipinski definition) is 7. The minimum absolute atomic E-state index is 0.0498. The van der Waals surface area contributed by atoms with Crippen molar-refractivity contribution in [3.8, 4) is 0 Å². The first-order chi connectivity index (χ1) is 13.5. The Labute approximate surface area is 171 Å². The molecule has 7 heteroatoms. The highest BCUT2D eigenvalue weighted by Crippen LogP contribution is 2.69. The number of cyclic esters (lactones) is 1. The average molecular weight is 408 g/mol. The second kappa shape index (κ2) is 6.53. The molecule has 8 atom stereocenters. The van der Waals surface area contributed by atoms with Crippen molar-refractivity contribution in [2.24, 2.45) is 34.0 Å². The average Bonchev–Trinajstić information content (AvgIpc) is 2.83. The maximum atomic E-state index is 13.1. The number of esters is 2. The van der Waals surface area contributed by atoms with Crippen molar-refractivity contribution >= 4 is 11.9 Å². The van der Waals surface area contributed by atoms with Crippen LogP contribution in [0.15, 0.2) is 12.2 Å². The van der Waals surface area contributed by atoms with Crippen LogP contribution in [0.3, 0.4) is 0 Å². The van der Waals surface area contributed by atoms with Crippen LogP contribution in [-0.4, -0.2) is 58.8 Å². The smallest absolute Gasteiger partial charge is 0.315 e. The molecule has 0 radical (unpaired) electrons. The Bertz CT molecular complexity index is 745. The van der Waals surface area contributed by atoms with Gasteiger partial charge in [0.1, 0.15) is 18.1 Å². The molecule has 2 bridgehead atoms. The number of carbonyl (C=O) groups is 2. The lowest BCUT2D eigenvalue weighted by molar-refractivity contribution is -0.274. The van der Waals surface area contributed by atoms with Crippen molar-refractivity contribution in [3.05, 3.63) is 12.2 Å². The van der Waals surface area contributed by atoms with Gasteiger partial charge in [-0.1, -0.05) is 20.4 Å². The zero-order chi connectivity index (χ0) is 21.4. The molecule has 0 aromatic rings. The Balaban J connectivity index is 1.94. The summed E-state index contributed by atoms with van der Waals surface area (Å²) in [5.74, 6) is -2.20. The van der Waals surface area contributed by atoms with Gasteiger partial charge in [-0.2, -0.15) is 0 Å². The lowest BCUT2D eigenvalue weighted by atomic mass is 9.43. The summed E-state index contributed by atoms with van der Waals surface area (Å²) in [4.78, 5) is 25.1. The number of rotatable bonds is 2. The zero-order valence-corrected chi connectivity index (χ0v) is 17.4. The van der Waals surface area contributed by atoms with Crippen molar-refractivity contribution in [1.82, 2.24) is 0 Å². The molecule has 29 heavy (non-hydrogen) atoms. The first-order valence-corrected chi connectivity index (χ1v) is 10.5. The molecule has 0 amide bonds. The largest absolute Gasteiger partial charge is 0.464 e. The van der Waals surface area contributed by atoms with E-state index in [2.05, 4.69) is 6.58 Å². The molecule has 1 heterocycles. The van der Waals surface area contributed by atoms with Crippen LogP contribution < -0.4 is 0 Å². The third-order valence-electron chi connectivity index (χ3n) is 8.56. The van der Waals surface area contributed by atoms with Gasteiger partial charge in [0.05, 0.1) is 17.6 Å². The number of aliphatic hydroxyl groups is 3. The highest BCUT2D eigenvalue weighted by molar-refractivity contribution is 5.81. The van der Waals surface area contributed by atoms with Crippen LogP contribution in [0.4, 0.5) is 0 Å². The number of hydrogen-bond donors (Lipinski definition) is 3. The summed E-state index contributed by atoms with van der Waals surface area (Å²) in [6.45, 7) is 9.19. The van der Waals surface area contributed by atoms with E-state index in [0.717, 1.165) is 6.42 Å². The number of carbonyl (C=O) groups excluding carboxylic acids is 2. The summed E-state index contributed by atoms with van der Waals surface area (Å²) >= 11 is 0. The fraction of sp³-hybridized carbons (Fsp3) is 0.818. The van der Waals surface area contributed by atoms with Crippen LogP contribution in [0.5, 0.6) is 0 Å². The fourth-order valence-electron chi connectivity index (χ4n) is 7.38. The van der Waals surface area contributed by atoms with Crippen LogP contribution in [0, 0.1) is 34.0 Å². The van der Waals surface area contributed by atoms with Gasteiger partial charge < -0.3 is 24.8 Å². The van der Waals surface area contributed by atoms with Gasteiger partial charge in [-0.25, -0.2) is 0 Å². The van der Waals surface area contributed by atoms with E-state index in [9.17, 15) is 24.9 Å². The highest BCUT2D eigenvalue weighted by atomic mass is 16.6. The van der Waals surface area contributed by atoms with Crippen molar-refractivity contribution in [1.29, 1.82) is 0 Å². The number of aliphatic hydroxyl groups excluding tert-OH is 3. The second-order valence-electron chi connectivity index (χ2n) is 10.2. The molecule has 3 saturated carbocycles. The lowest BCUT2D eigenvalue weighted by Gasteiger charge is -2.64. The third-order valence-corrected chi connectivity index (χ3v) is 8.56. The molecule has 4 aliphatic rings. The van der Waals surface area contributed by atoms with Crippen LogP contribution in [0.1, 0.15) is 46.5 Å². The quantitative estimate of drug-likeness (QED) is 0.465. The standard InChI is InChI=1S/C22H32O7/c1-11-13-7-14(25)17-21(8-13,18(11)26)19(27)28-10-22(17)15(9-23)20(3,4)6-5-16(22)29-12(2)24/h13-18,23,25-26H,1,5-10H2,2-4H3. The Kier molecular flexibility index (Phi) is 4.69. The van der Waals surface area contributed by atoms with Crippen molar-refractivity contribution in [2.45, 2.75) is 64.8 Å². The molecule has 4 rings (SSSR count). The normalized spacial score (nSPS) is 48.2. The van der Waals surface area contributed by atoms with Gasteiger partial charge in [0.15, 0.2) is 0 Å². The van der Waals surface area contributed by atoms with Crippen LogP contribution in [-0.2, 0) is 19.1 Å². The van der Waals surface area contributed by atoms with E-state index in [-0.39, 0.29) is 30.5 Å². The van der Waals surface area contributed by atoms with E-state index in [1.165, 1.54) is 6.92 Å². The molecular formula is C22H32O7. The monoisotopic (exact) mass is 408 g/mol. The summed E-state index contributed by atoms with van der Waals surface area (Å²) in [6, 6.07) is 0. The van der Waals surface area contributed by atoms with E-state index in [1.807, 2.05) is 13.8 Å². The maximum absolute atomic E-state index is 13.1. The van der Waals surface area contributed by atoms with E-state index < -0.39 is 47.0 Å². The van der Waals surface area contributed by atoms with Gasteiger partial charge >= 0.3 is 11.9 Å². The second-order valence-corrected chi connectivity index (χ2v) is 10.2. The summed E-state index contributed by atoms with van der Waals surface area (Å²) in [5.41, 5.74) is -2.07. The van der Waals surface area contributed by atoms with Crippen molar-refractivity contribution < 1.29 is 34.4 Å². The van der Waals surface area contributed by atoms with Crippen molar-refractivity contribution in [2.75, 3.05) is 13.2 Å². The number of fused-ring (bicyclic) bond motifs is 2. The molecule has 8 unspecified atom stereocenters. The summed E-state index contributed by atoms with van der Waals surface area (Å²) in [7, 11) is 0. The predicted molar refractivity (Wildman–Crippen MR) is 102 cm³/mol. The number of ether oxygens (including phenoxy) is 2. The molecule has 0 aromatic carbocycles. The summed E-state index contributed by atoms with van der Waals surface area (Å²) < 4.78 is 11.5. The van der Waals surface area contributed by atoms with Gasteiger partial charge in [0.2, 0.25) is 0 Å². The molecule has 7 nitrogen and oxygen atoms in total. The van der Waals surface area contributed by atoms with Crippen LogP contribution in [0.2, 0.25) is 0 Å². The Hall–Kier alpha value is -1.44. The highest BCUT2D eigenvalue weighted by Gasteiger charge is 2.76. The fourth-order valence-corrected chi connectivity index (χ4v) is 7.38. The molecule has 1 saturated heterocycles. The topological polar surface area (TPSA) is 113 Å². The van der Waals surface area contributed by atoms with Crippen LogP contribution in [0.25, 0.3) is 0 Å². The first-order valence-electron chi connectivity index (χ1n) is 10.5. The van der Waals surface area contributed by atoms with Gasteiger partial charge in [-0.15, -0.1) is 0 Å². The third kappa shape index (κ3) is 2.53. The first kappa shape index (κ1) is 20.8. The predicted octanol–water partition coefficient (Wildman–Crippen LogP) is 1.19. The van der Waals surface area contributed by atoms with E-state index >= 15 is 0 Å². The molecule has 2 spiro atoms. The van der Waals surface area contributed by atoms with E-state index in [1.54, 1.807) is 0 Å². The molecule has 3 aliphatic carbocycles. The Morgan fingerprint density at radius 3 is 2.66 bits per heavy atom. The molecule has 0 aromatic heterocycles. The minimum Gasteiger partial charge on any atom is -0.464 e. The van der Waals surface area contributed by atoms with Gasteiger partial charge in [0, 0.05) is 19.4 Å². The molecule has 1 aliphatic heterocycles. The van der Waals surface area contributed by atoms with Gasteiger partial charge in [-0.05, 0) is 48.5 Å².